The predicted octanol–water partition coefficient (Wildman–Crippen LogP) is 3.24. The van der Waals surface area contributed by atoms with E-state index in [9.17, 15) is 5.11 Å². The number of nitrogens with zero attached hydrogens (tertiary/aromatic N) is 1. The van der Waals surface area contributed by atoms with Crippen LogP contribution in [0.3, 0.4) is 0 Å². The number of benzene rings is 2. The van der Waals surface area contributed by atoms with Crippen molar-refractivity contribution in [2.75, 3.05) is 26.2 Å². The van der Waals surface area contributed by atoms with E-state index >= 15 is 0 Å². The van der Waals surface area contributed by atoms with Gasteiger partial charge < -0.3 is 9.84 Å². The van der Waals surface area contributed by atoms with E-state index in [4.69, 9.17) is 4.74 Å². The zero-order chi connectivity index (χ0) is 15.2. The highest BCUT2D eigenvalue weighted by atomic mass is 16.5. The zero-order valence-electron chi connectivity index (χ0n) is 12.8. The van der Waals surface area contributed by atoms with Crippen molar-refractivity contribution in [3.63, 3.8) is 0 Å². The Labute approximate surface area is 132 Å². The van der Waals surface area contributed by atoms with E-state index in [0.29, 0.717) is 6.61 Å². The lowest BCUT2D eigenvalue weighted by molar-refractivity contribution is 0.202. The van der Waals surface area contributed by atoms with E-state index in [2.05, 4.69) is 4.90 Å². The van der Waals surface area contributed by atoms with Crippen LogP contribution < -0.4 is 4.74 Å². The number of para-hydroxylation sites is 1. The Hall–Kier alpha value is -1.84. The first kappa shape index (κ1) is 15.1. The van der Waals surface area contributed by atoms with Gasteiger partial charge in [-0.25, -0.2) is 0 Å². The summed E-state index contributed by atoms with van der Waals surface area (Å²) >= 11 is 0. The van der Waals surface area contributed by atoms with Crippen LogP contribution in [0.25, 0.3) is 0 Å². The molecule has 0 amide bonds. The minimum absolute atomic E-state index is 0.649. The maximum absolute atomic E-state index is 10.6. The summed E-state index contributed by atoms with van der Waals surface area (Å²) < 4.78 is 5.94. The van der Waals surface area contributed by atoms with E-state index in [1.165, 1.54) is 25.9 Å². The number of aliphatic hydroxyl groups is 1. The minimum atomic E-state index is -0.649. The SMILES string of the molecule is O[C@H](c1ccccc1)c1ccccc1OCCN1CCCC1. The molecule has 1 atom stereocenters. The van der Waals surface area contributed by atoms with Gasteiger partial charge in [-0.3, -0.25) is 4.90 Å². The Bertz CT molecular complexity index is 579. The number of rotatable bonds is 6. The Morgan fingerprint density at radius 3 is 2.41 bits per heavy atom. The standard InChI is InChI=1S/C19H23NO2/c21-19(16-8-2-1-3-9-16)17-10-4-5-11-18(17)22-15-14-20-12-6-7-13-20/h1-5,8-11,19,21H,6-7,12-15H2/t19-/m1/s1. The Morgan fingerprint density at radius 1 is 0.955 bits per heavy atom. The average molecular weight is 297 g/mol. The van der Waals surface area contributed by atoms with Crippen LogP contribution in [0.15, 0.2) is 54.6 Å². The van der Waals surface area contributed by atoms with Gasteiger partial charge in [0.15, 0.2) is 0 Å². The van der Waals surface area contributed by atoms with Gasteiger partial charge in [0, 0.05) is 12.1 Å². The van der Waals surface area contributed by atoms with Crippen molar-refractivity contribution >= 4 is 0 Å². The van der Waals surface area contributed by atoms with Gasteiger partial charge in [0.2, 0.25) is 0 Å². The van der Waals surface area contributed by atoms with Gasteiger partial charge in [0.25, 0.3) is 0 Å². The molecule has 1 fully saturated rings. The molecule has 0 unspecified atom stereocenters. The highest BCUT2D eigenvalue weighted by Gasteiger charge is 2.16. The summed E-state index contributed by atoms with van der Waals surface area (Å²) in [5, 5.41) is 10.6. The molecule has 1 saturated heterocycles. The number of hydrogen-bond donors (Lipinski definition) is 1. The summed E-state index contributed by atoms with van der Waals surface area (Å²) in [4.78, 5) is 2.43. The van der Waals surface area contributed by atoms with E-state index < -0.39 is 6.10 Å². The third-order valence-corrected chi connectivity index (χ3v) is 4.19. The maximum Gasteiger partial charge on any atom is 0.125 e. The van der Waals surface area contributed by atoms with Gasteiger partial charge in [0.1, 0.15) is 18.5 Å². The van der Waals surface area contributed by atoms with Crippen LogP contribution in [0.2, 0.25) is 0 Å². The molecule has 22 heavy (non-hydrogen) atoms. The molecule has 0 saturated carbocycles. The van der Waals surface area contributed by atoms with Crippen LogP contribution in [0, 0.1) is 0 Å². The van der Waals surface area contributed by atoms with Gasteiger partial charge in [-0.05, 0) is 37.6 Å². The van der Waals surface area contributed by atoms with Crippen molar-refractivity contribution < 1.29 is 9.84 Å². The van der Waals surface area contributed by atoms with E-state index in [0.717, 1.165) is 23.4 Å². The number of aliphatic hydroxyl groups excluding tert-OH is 1. The number of likely N-dealkylation sites (tertiary alicyclic amines) is 1. The van der Waals surface area contributed by atoms with Crippen molar-refractivity contribution in [2.45, 2.75) is 18.9 Å². The lowest BCUT2D eigenvalue weighted by atomic mass is 10.0. The van der Waals surface area contributed by atoms with E-state index in [-0.39, 0.29) is 0 Å². The fourth-order valence-corrected chi connectivity index (χ4v) is 2.94. The van der Waals surface area contributed by atoms with Crippen LogP contribution in [0.1, 0.15) is 30.1 Å². The summed E-state index contributed by atoms with van der Waals surface area (Å²) in [6, 6.07) is 17.5. The highest BCUT2D eigenvalue weighted by Crippen LogP contribution is 2.29. The summed E-state index contributed by atoms with van der Waals surface area (Å²) in [5.74, 6) is 0.776. The van der Waals surface area contributed by atoms with Crippen molar-refractivity contribution in [1.29, 1.82) is 0 Å². The summed E-state index contributed by atoms with van der Waals surface area (Å²) in [5.41, 5.74) is 1.72. The fraction of sp³-hybridized carbons (Fsp3) is 0.368. The van der Waals surface area contributed by atoms with Crippen molar-refractivity contribution in [3.8, 4) is 5.75 Å². The van der Waals surface area contributed by atoms with Crippen LogP contribution in [0.4, 0.5) is 0 Å². The largest absolute Gasteiger partial charge is 0.492 e. The molecular formula is C19H23NO2. The molecule has 0 spiro atoms. The van der Waals surface area contributed by atoms with Gasteiger partial charge in [0.05, 0.1) is 0 Å². The van der Waals surface area contributed by atoms with Crippen LogP contribution in [0.5, 0.6) is 5.75 Å². The first-order valence-electron chi connectivity index (χ1n) is 8.02. The smallest absolute Gasteiger partial charge is 0.125 e. The summed E-state index contributed by atoms with van der Waals surface area (Å²) in [6.07, 6.45) is 1.94. The third kappa shape index (κ3) is 3.67. The van der Waals surface area contributed by atoms with E-state index in [1.54, 1.807) is 0 Å². The fourth-order valence-electron chi connectivity index (χ4n) is 2.94. The molecule has 2 aromatic carbocycles. The van der Waals surface area contributed by atoms with Crippen LogP contribution in [-0.2, 0) is 0 Å². The first-order chi connectivity index (χ1) is 10.8. The zero-order valence-corrected chi connectivity index (χ0v) is 12.8. The van der Waals surface area contributed by atoms with Crippen LogP contribution in [-0.4, -0.2) is 36.2 Å². The van der Waals surface area contributed by atoms with Gasteiger partial charge in [-0.2, -0.15) is 0 Å². The quantitative estimate of drug-likeness (QED) is 0.888. The molecule has 0 radical (unpaired) electrons. The molecule has 3 nitrogen and oxygen atoms in total. The molecule has 3 rings (SSSR count). The minimum Gasteiger partial charge on any atom is -0.492 e. The highest BCUT2D eigenvalue weighted by molar-refractivity contribution is 5.40. The van der Waals surface area contributed by atoms with E-state index in [1.807, 2.05) is 54.6 Å². The van der Waals surface area contributed by atoms with Crippen molar-refractivity contribution in [2.24, 2.45) is 0 Å². The molecular weight excluding hydrogens is 274 g/mol. The number of hydrogen-bond acceptors (Lipinski definition) is 3. The first-order valence-corrected chi connectivity index (χ1v) is 8.02. The molecule has 0 aliphatic carbocycles. The maximum atomic E-state index is 10.6. The monoisotopic (exact) mass is 297 g/mol. The van der Waals surface area contributed by atoms with Crippen LogP contribution >= 0.6 is 0 Å². The van der Waals surface area contributed by atoms with Gasteiger partial charge in [-0.15, -0.1) is 0 Å². The van der Waals surface area contributed by atoms with Gasteiger partial charge in [-0.1, -0.05) is 48.5 Å². The molecule has 1 N–H and O–H groups in total. The van der Waals surface area contributed by atoms with Crippen molar-refractivity contribution in [1.82, 2.24) is 4.90 Å². The molecule has 1 heterocycles. The summed E-state index contributed by atoms with van der Waals surface area (Å²) in [7, 11) is 0. The van der Waals surface area contributed by atoms with Crippen molar-refractivity contribution in [3.05, 3.63) is 65.7 Å². The Morgan fingerprint density at radius 2 is 1.64 bits per heavy atom. The lowest BCUT2D eigenvalue weighted by Crippen LogP contribution is -2.25. The molecule has 1 aliphatic rings. The second-order valence-corrected chi connectivity index (χ2v) is 5.75. The predicted molar refractivity (Wildman–Crippen MR) is 88.1 cm³/mol. The lowest BCUT2D eigenvalue weighted by Gasteiger charge is -2.19. The molecule has 116 valence electrons. The molecule has 2 aromatic rings. The Balaban J connectivity index is 1.66. The normalized spacial score (nSPS) is 16.6. The molecule has 0 aromatic heterocycles. The molecule has 0 bridgehead atoms. The topological polar surface area (TPSA) is 32.7 Å². The third-order valence-electron chi connectivity index (χ3n) is 4.19. The Kier molecular flexibility index (Phi) is 5.09. The summed E-state index contributed by atoms with van der Waals surface area (Å²) in [6.45, 7) is 3.98. The average Bonchev–Trinajstić information content (AvgIpc) is 3.09. The number of ether oxygens (including phenoxy) is 1. The molecule has 3 heteroatoms. The molecule has 1 aliphatic heterocycles. The second kappa shape index (κ2) is 7.43. The van der Waals surface area contributed by atoms with Gasteiger partial charge >= 0.3 is 0 Å². The second-order valence-electron chi connectivity index (χ2n) is 5.75.